The molecule has 1 fully saturated rings. The summed E-state index contributed by atoms with van der Waals surface area (Å²) in [6.07, 6.45) is -2.93. The van der Waals surface area contributed by atoms with Gasteiger partial charge in [-0.3, -0.25) is 13.9 Å². The van der Waals surface area contributed by atoms with Gasteiger partial charge in [0.25, 0.3) is 5.56 Å². The van der Waals surface area contributed by atoms with Crippen LogP contribution in [-0.2, 0) is 13.2 Å². The minimum atomic E-state index is -4.54. The zero-order valence-electron chi connectivity index (χ0n) is 17.1. The molecule has 2 aromatic heterocycles. The van der Waals surface area contributed by atoms with Gasteiger partial charge in [-0.25, -0.2) is 14.8 Å². The highest BCUT2D eigenvalue weighted by Crippen LogP contribution is 2.36. The van der Waals surface area contributed by atoms with E-state index in [0.29, 0.717) is 5.82 Å². The van der Waals surface area contributed by atoms with Gasteiger partial charge < -0.3 is 11.1 Å². The third kappa shape index (κ3) is 3.75. The van der Waals surface area contributed by atoms with Gasteiger partial charge in [0, 0.05) is 18.8 Å². The maximum absolute atomic E-state index is 13.2. The Morgan fingerprint density at radius 3 is 2.48 bits per heavy atom. The molecule has 3 aromatic rings. The first-order valence-corrected chi connectivity index (χ1v) is 9.71. The summed E-state index contributed by atoms with van der Waals surface area (Å²) in [7, 11) is 1.38. The van der Waals surface area contributed by atoms with E-state index in [1.807, 2.05) is 0 Å². The van der Waals surface area contributed by atoms with E-state index < -0.39 is 29.0 Å². The van der Waals surface area contributed by atoms with E-state index in [0.717, 1.165) is 29.5 Å². The average Bonchev–Trinajstić information content (AvgIpc) is 3.49. The van der Waals surface area contributed by atoms with Gasteiger partial charge in [-0.15, -0.1) is 0 Å². The molecule has 1 aliphatic rings. The smallest absolute Gasteiger partial charge is 0.399 e. The molecule has 0 amide bonds. The first-order valence-electron chi connectivity index (χ1n) is 9.71. The van der Waals surface area contributed by atoms with Crippen molar-refractivity contribution in [3.05, 3.63) is 56.0 Å². The maximum atomic E-state index is 13.2. The summed E-state index contributed by atoms with van der Waals surface area (Å²) < 4.78 is 42.0. The van der Waals surface area contributed by atoms with Crippen molar-refractivity contribution >= 4 is 22.5 Å². The summed E-state index contributed by atoms with van der Waals surface area (Å²) >= 11 is 0. The summed E-state index contributed by atoms with van der Waals surface area (Å²) in [6, 6.07) is 2.60. The number of nitrogens with zero attached hydrogens (tertiary/aromatic N) is 4. The van der Waals surface area contributed by atoms with Crippen molar-refractivity contribution in [2.45, 2.75) is 44.9 Å². The maximum Gasteiger partial charge on any atom is 0.416 e. The van der Waals surface area contributed by atoms with Gasteiger partial charge in [-0.05, 0) is 50.5 Å². The van der Waals surface area contributed by atoms with E-state index in [-0.39, 0.29) is 34.1 Å². The van der Waals surface area contributed by atoms with Crippen molar-refractivity contribution in [1.29, 1.82) is 0 Å². The summed E-state index contributed by atoms with van der Waals surface area (Å²) in [4.78, 5) is 34.2. The lowest BCUT2D eigenvalue weighted by Gasteiger charge is -2.19. The zero-order chi connectivity index (χ0) is 22.7. The molecule has 2 heterocycles. The minimum Gasteiger partial charge on any atom is -0.399 e. The predicted molar refractivity (Wildman–Crippen MR) is 110 cm³/mol. The number of nitrogen functional groups attached to an aromatic ring is 1. The van der Waals surface area contributed by atoms with Gasteiger partial charge in [0.05, 0.1) is 11.6 Å². The first-order chi connectivity index (χ1) is 14.5. The van der Waals surface area contributed by atoms with Gasteiger partial charge in [0.15, 0.2) is 5.65 Å². The molecule has 0 saturated heterocycles. The van der Waals surface area contributed by atoms with Crippen LogP contribution < -0.4 is 22.3 Å². The molecule has 0 spiro atoms. The Morgan fingerprint density at radius 2 is 1.87 bits per heavy atom. The van der Waals surface area contributed by atoms with Crippen LogP contribution in [0.4, 0.5) is 24.7 Å². The third-order valence-electron chi connectivity index (χ3n) is 5.31. The quantitative estimate of drug-likeness (QED) is 0.612. The molecule has 1 saturated carbocycles. The fraction of sp³-hybridized carbons (Fsp3) is 0.400. The van der Waals surface area contributed by atoms with E-state index in [1.165, 1.54) is 17.7 Å². The van der Waals surface area contributed by atoms with Crippen LogP contribution in [0.15, 0.2) is 27.8 Å². The van der Waals surface area contributed by atoms with E-state index in [4.69, 9.17) is 5.73 Å². The molecule has 1 aliphatic carbocycles. The molecule has 164 valence electrons. The topological polar surface area (TPSA) is 108 Å². The number of aromatic nitrogens is 4. The van der Waals surface area contributed by atoms with Gasteiger partial charge >= 0.3 is 11.9 Å². The number of halogens is 3. The second-order valence-electron chi connectivity index (χ2n) is 7.82. The third-order valence-corrected chi connectivity index (χ3v) is 5.31. The molecule has 0 unspecified atom stereocenters. The van der Waals surface area contributed by atoms with Crippen LogP contribution in [-0.4, -0.2) is 19.1 Å². The fourth-order valence-corrected chi connectivity index (χ4v) is 3.58. The summed E-state index contributed by atoms with van der Waals surface area (Å²) in [5.41, 5.74) is 4.26. The van der Waals surface area contributed by atoms with Gasteiger partial charge in [0.2, 0.25) is 0 Å². The second-order valence-corrected chi connectivity index (χ2v) is 7.82. The minimum absolute atomic E-state index is 0.0271. The zero-order valence-corrected chi connectivity index (χ0v) is 17.1. The Balaban J connectivity index is 1.85. The molecule has 31 heavy (non-hydrogen) atoms. The Labute approximate surface area is 174 Å². The fourth-order valence-electron chi connectivity index (χ4n) is 3.58. The number of rotatable bonds is 4. The Kier molecular flexibility index (Phi) is 4.78. The van der Waals surface area contributed by atoms with Crippen LogP contribution in [0.3, 0.4) is 0 Å². The van der Waals surface area contributed by atoms with Crippen LogP contribution >= 0.6 is 0 Å². The van der Waals surface area contributed by atoms with Crippen LogP contribution in [0.1, 0.15) is 48.8 Å². The molecule has 0 radical (unpaired) electrons. The largest absolute Gasteiger partial charge is 0.416 e. The average molecular weight is 434 g/mol. The molecular weight excluding hydrogens is 413 g/mol. The molecular formula is C20H21F3N6O2. The van der Waals surface area contributed by atoms with Crippen LogP contribution in [0.2, 0.25) is 0 Å². The molecule has 3 N–H and O–H groups in total. The van der Waals surface area contributed by atoms with Crippen molar-refractivity contribution in [3.8, 4) is 0 Å². The summed E-state index contributed by atoms with van der Waals surface area (Å²) in [6.45, 7) is 3.26. The van der Waals surface area contributed by atoms with E-state index in [1.54, 1.807) is 13.8 Å². The molecule has 0 bridgehead atoms. The van der Waals surface area contributed by atoms with Crippen molar-refractivity contribution in [1.82, 2.24) is 19.1 Å². The van der Waals surface area contributed by atoms with Crippen LogP contribution in [0.25, 0.3) is 11.0 Å². The molecule has 11 heteroatoms. The molecule has 0 aliphatic heterocycles. The number of hydrogen-bond acceptors (Lipinski definition) is 6. The number of nitrogens with one attached hydrogen (secondary N) is 1. The van der Waals surface area contributed by atoms with Crippen LogP contribution in [0, 0.1) is 6.92 Å². The first kappa shape index (κ1) is 20.9. The number of hydrogen-bond donors (Lipinski definition) is 2. The molecule has 1 aromatic carbocycles. The molecule has 1 atom stereocenters. The van der Waals surface area contributed by atoms with E-state index >= 15 is 0 Å². The predicted octanol–water partition coefficient (Wildman–Crippen LogP) is 2.91. The van der Waals surface area contributed by atoms with Gasteiger partial charge in [-0.1, -0.05) is 0 Å². The number of nitrogens with two attached hydrogens (primary N) is 1. The highest BCUT2D eigenvalue weighted by Gasteiger charge is 2.32. The monoisotopic (exact) mass is 434 g/mol. The Morgan fingerprint density at radius 1 is 1.19 bits per heavy atom. The molecule has 8 nitrogen and oxygen atoms in total. The number of alkyl halides is 3. The standard InChI is InChI=1S/C20H21F3N6O2/c1-9(11-6-12(20(21,22)23)8-13(24)7-11)25-16-15-17(27-10(2)26-16)29(14-4-5-14)19(31)28(3)18(15)30/h6-9,14H,4-5,24H2,1-3H3,(H,25,26,27)/t9-/m1/s1. The number of anilines is 2. The van der Waals surface area contributed by atoms with Gasteiger partial charge in [0.1, 0.15) is 17.0 Å². The van der Waals surface area contributed by atoms with Gasteiger partial charge in [-0.2, -0.15) is 13.2 Å². The highest BCUT2D eigenvalue weighted by atomic mass is 19.4. The van der Waals surface area contributed by atoms with E-state index in [2.05, 4.69) is 15.3 Å². The summed E-state index contributed by atoms with van der Waals surface area (Å²) in [5.74, 6) is 0.480. The SMILES string of the molecule is Cc1nc(N[C@H](C)c2cc(N)cc(C(F)(F)F)c2)c2c(=O)n(C)c(=O)n(C3CC3)c2n1. The van der Waals surface area contributed by atoms with Crippen molar-refractivity contribution in [2.75, 3.05) is 11.1 Å². The summed E-state index contributed by atoms with van der Waals surface area (Å²) in [5, 5.41) is 3.14. The Hall–Kier alpha value is -3.37. The van der Waals surface area contributed by atoms with Crippen molar-refractivity contribution < 1.29 is 13.2 Å². The Bertz CT molecular complexity index is 1310. The van der Waals surface area contributed by atoms with E-state index in [9.17, 15) is 22.8 Å². The normalized spacial score (nSPS) is 15.3. The lowest BCUT2D eigenvalue weighted by molar-refractivity contribution is -0.137. The lowest BCUT2D eigenvalue weighted by atomic mass is 10.0. The van der Waals surface area contributed by atoms with Crippen molar-refractivity contribution in [2.24, 2.45) is 7.05 Å². The number of fused-ring (bicyclic) bond motifs is 1. The van der Waals surface area contributed by atoms with Crippen molar-refractivity contribution in [3.63, 3.8) is 0 Å². The number of benzene rings is 1. The van der Waals surface area contributed by atoms with Crippen LogP contribution in [0.5, 0.6) is 0 Å². The second kappa shape index (κ2) is 7.10. The number of aryl methyl sites for hydroxylation is 1. The lowest BCUT2D eigenvalue weighted by Crippen LogP contribution is -2.39. The molecule has 4 rings (SSSR count). The highest BCUT2D eigenvalue weighted by molar-refractivity contribution is 5.86.